The lowest BCUT2D eigenvalue weighted by atomic mass is 10.0. The van der Waals surface area contributed by atoms with Crippen molar-refractivity contribution in [1.29, 1.82) is 0 Å². The Kier molecular flexibility index (Phi) is 3.63. The topological polar surface area (TPSA) is 46.5 Å². The first-order chi connectivity index (χ1) is 8.68. The van der Waals surface area contributed by atoms with E-state index in [-0.39, 0.29) is 0 Å². The Balaban J connectivity index is 2.31. The molecule has 3 nitrogen and oxygen atoms in total. The van der Waals surface area contributed by atoms with E-state index in [2.05, 4.69) is 0 Å². The van der Waals surface area contributed by atoms with Crippen molar-refractivity contribution < 1.29 is 14.6 Å². The molecule has 0 saturated heterocycles. The molecule has 0 unspecified atom stereocenters. The normalized spacial score (nSPS) is 11.8. The summed E-state index contributed by atoms with van der Waals surface area (Å²) in [6, 6.07) is 16.5. The summed E-state index contributed by atoms with van der Waals surface area (Å²) in [7, 11) is 0. The number of carboxylic acid groups (broad SMARTS) is 1. The molecular weight excluding hydrogens is 228 g/mol. The van der Waals surface area contributed by atoms with Crippen molar-refractivity contribution >= 4 is 5.97 Å². The van der Waals surface area contributed by atoms with Gasteiger partial charge in [-0.05, 0) is 25.1 Å². The molecule has 0 fully saturated rings. The van der Waals surface area contributed by atoms with Crippen LogP contribution in [0.15, 0.2) is 54.6 Å². The number of para-hydroxylation sites is 2. The number of benzene rings is 2. The van der Waals surface area contributed by atoms with Crippen LogP contribution in [0, 0.1) is 0 Å². The average molecular weight is 242 g/mol. The molecule has 1 atom stereocenters. The quantitative estimate of drug-likeness (QED) is 0.889. The van der Waals surface area contributed by atoms with Gasteiger partial charge in [-0.2, -0.15) is 0 Å². The highest BCUT2D eigenvalue weighted by Gasteiger charge is 2.18. The first-order valence-corrected chi connectivity index (χ1v) is 5.73. The molecule has 2 aromatic carbocycles. The second kappa shape index (κ2) is 5.36. The molecule has 0 bridgehead atoms. The number of carboxylic acids is 1. The predicted molar refractivity (Wildman–Crippen MR) is 69.0 cm³/mol. The third-order valence-electron chi connectivity index (χ3n) is 2.73. The van der Waals surface area contributed by atoms with E-state index in [9.17, 15) is 4.79 Å². The Morgan fingerprint density at radius 2 is 1.67 bits per heavy atom. The van der Waals surface area contributed by atoms with E-state index in [0.29, 0.717) is 17.1 Å². The zero-order valence-corrected chi connectivity index (χ0v) is 10.0. The molecule has 92 valence electrons. The molecule has 2 rings (SSSR count). The van der Waals surface area contributed by atoms with Crippen molar-refractivity contribution in [3.63, 3.8) is 0 Å². The van der Waals surface area contributed by atoms with Gasteiger partial charge in [-0.1, -0.05) is 36.4 Å². The van der Waals surface area contributed by atoms with Gasteiger partial charge in [0.1, 0.15) is 11.5 Å². The van der Waals surface area contributed by atoms with Gasteiger partial charge in [-0.15, -0.1) is 0 Å². The van der Waals surface area contributed by atoms with Crippen LogP contribution in [-0.2, 0) is 4.79 Å². The third kappa shape index (κ3) is 2.69. The van der Waals surface area contributed by atoms with Crippen LogP contribution in [0.5, 0.6) is 11.5 Å². The standard InChI is InChI=1S/C15H14O3/c1-11(15(16)17)13-9-5-6-10-14(13)18-12-7-3-2-4-8-12/h2-11H,1H3,(H,16,17)/t11-/m1/s1. The van der Waals surface area contributed by atoms with E-state index in [1.807, 2.05) is 42.5 Å². The maximum absolute atomic E-state index is 11.0. The molecule has 0 aromatic heterocycles. The lowest BCUT2D eigenvalue weighted by Gasteiger charge is -2.13. The SMILES string of the molecule is C[C@@H](C(=O)O)c1ccccc1Oc1ccccc1. The highest BCUT2D eigenvalue weighted by atomic mass is 16.5. The minimum absolute atomic E-state index is 0.582. The molecule has 0 amide bonds. The van der Waals surface area contributed by atoms with Crippen LogP contribution in [0.25, 0.3) is 0 Å². The van der Waals surface area contributed by atoms with Gasteiger partial charge in [0, 0.05) is 5.56 Å². The summed E-state index contributed by atoms with van der Waals surface area (Å²) in [6.45, 7) is 1.65. The maximum atomic E-state index is 11.0. The molecule has 0 aliphatic carbocycles. The van der Waals surface area contributed by atoms with Crippen molar-refractivity contribution in [3.8, 4) is 11.5 Å². The molecule has 0 aliphatic rings. The summed E-state index contributed by atoms with van der Waals surface area (Å²) < 4.78 is 5.72. The summed E-state index contributed by atoms with van der Waals surface area (Å²) in [5.41, 5.74) is 0.675. The van der Waals surface area contributed by atoms with Gasteiger partial charge in [0.05, 0.1) is 5.92 Å². The molecular formula is C15H14O3. The Bertz CT molecular complexity index is 534. The minimum Gasteiger partial charge on any atom is -0.481 e. The fourth-order valence-corrected chi connectivity index (χ4v) is 1.68. The number of carbonyl (C=O) groups is 1. The smallest absolute Gasteiger partial charge is 0.310 e. The molecule has 2 aromatic rings. The second-order valence-corrected chi connectivity index (χ2v) is 4.01. The van der Waals surface area contributed by atoms with E-state index in [0.717, 1.165) is 0 Å². The van der Waals surface area contributed by atoms with E-state index in [1.165, 1.54) is 0 Å². The highest BCUT2D eigenvalue weighted by molar-refractivity contribution is 5.76. The van der Waals surface area contributed by atoms with Crippen LogP contribution in [0.3, 0.4) is 0 Å². The maximum Gasteiger partial charge on any atom is 0.310 e. The van der Waals surface area contributed by atoms with Crippen molar-refractivity contribution in [3.05, 3.63) is 60.2 Å². The first kappa shape index (κ1) is 12.2. The zero-order valence-electron chi connectivity index (χ0n) is 10.0. The predicted octanol–water partition coefficient (Wildman–Crippen LogP) is 3.67. The minimum atomic E-state index is -0.862. The van der Waals surface area contributed by atoms with Crippen LogP contribution in [0.1, 0.15) is 18.4 Å². The van der Waals surface area contributed by atoms with Gasteiger partial charge in [-0.25, -0.2) is 0 Å². The van der Waals surface area contributed by atoms with Gasteiger partial charge in [-0.3, -0.25) is 4.79 Å². The van der Waals surface area contributed by atoms with Crippen LogP contribution < -0.4 is 4.74 Å². The summed E-state index contributed by atoms with van der Waals surface area (Å²) >= 11 is 0. The number of ether oxygens (including phenoxy) is 1. The van der Waals surface area contributed by atoms with E-state index >= 15 is 0 Å². The molecule has 1 N–H and O–H groups in total. The van der Waals surface area contributed by atoms with Gasteiger partial charge in [0.15, 0.2) is 0 Å². The summed E-state index contributed by atoms with van der Waals surface area (Å²) in [5, 5.41) is 9.07. The van der Waals surface area contributed by atoms with Crippen LogP contribution in [0.4, 0.5) is 0 Å². The molecule has 0 radical (unpaired) electrons. The van der Waals surface area contributed by atoms with Crippen molar-refractivity contribution in [2.75, 3.05) is 0 Å². The van der Waals surface area contributed by atoms with Crippen LogP contribution >= 0.6 is 0 Å². The largest absolute Gasteiger partial charge is 0.481 e. The first-order valence-electron chi connectivity index (χ1n) is 5.73. The van der Waals surface area contributed by atoms with Gasteiger partial charge < -0.3 is 9.84 Å². The average Bonchev–Trinajstić information content (AvgIpc) is 2.39. The van der Waals surface area contributed by atoms with Crippen molar-refractivity contribution in [2.45, 2.75) is 12.8 Å². The third-order valence-corrected chi connectivity index (χ3v) is 2.73. The van der Waals surface area contributed by atoms with Gasteiger partial charge in [0.2, 0.25) is 0 Å². The monoisotopic (exact) mass is 242 g/mol. The number of hydrogen-bond acceptors (Lipinski definition) is 2. The Morgan fingerprint density at radius 3 is 2.33 bits per heavy atom. The van der Waals surface area contributed by atoms with Crippen LogP contribution in [-0.4, -0.2) is 11.1 Å². The Morgan fingerprint density at radius 1 is 1.06 bits per heavy atom. The molecule has 18 heavy (non-hydrogen) atoms. The molecule has 0 aliphatic heterocycles. The van der Waals surface area contributed by atoms with E-state index < -0.39 is 11.9 Å². The Hall–Kier alpha value is -2.29. The molecule has 0 spiro atoms. The lowest BCUT2D eigenvalue weighted by Crippen LogP contribution is -2.08. The van der Waals surface area contributed by atoms with Gasteiger partial charge >= 0.3 is 5.97 Å². The molecule has 0 heterocycles. The number of hydrogen-bond donors (Lipinski definition) is 1. The summed E-state index contributed by atoms with van der Waals surface area (Å²) in [6.07, 6.45) is 0. The highest BCUT2D eigenvalue weighted by Crippen LogP contribution is 2.30. The fourth-order valence-electron chi connectivity index (χ4n) is 1.68. The fraction of sp³-hybridized carbons (Fsp3) is 0.133. The summed E-state index contributed by atoms with van der Waals surface area (Å²) in [5.74, 6) is -0.176. The van der Waals surface area contributed by atoms with Crippen molar-refractivity contribution in [2.24, 2.45) is 0 Å². The van der Waals surface area contributed by atoms with E-state index in [1.54, 1.807) is 19.1 Å². The van der Waals surface area contributed by atoms with Crippen LogP contribution in [0.2, 0.25) is 0 Å². The van der Waals surface area contributed by atoms with E-state index in [4.69, 9.17) is 9.84 Å². The van der Waals surface area contributed by atoms with Gasteiger partial charge in [0.25, 0.3) is 0 Å². The second-order valence-electron chi connectivity index (χ2n) is 4.01. The van der Waals surface area contributed by atoms with Crippen molar-refractivity contribution in [1.82, 2.24) is 0 Å². The zero-order chi connectivity index (χ0) is 13.0. The Labute approximate surface area is 106 Å². The number of aliphatic carboxylic acids is 1. The molecule has 3 heteroatoms. The lowest BCUT2D eigenvalue weighted by molar-refractivity contribution is -0.138. The molecule has 0 saturated carbocycles. The number of rotatable bonds is 4. The summed E-state index contributed by atoms with van der Waals surface area (Å²) in [4.78, 5) is 11.0.